The molecule has 4 amide bonds. The highest BCUT2D eigenvalue weighted by atomic mass is 32.2. The number of rotatable bonds is 6. The molecule has 2 heterocycles. The van der Waals surface area contributed by atoms with Gasteiger partial charge in [-0.3, -0.25) is 29.4 Å². The summed E-state index contributed by atoms with van der Waals surface area (Å²) in [6.07, 6.45) is 0.855. The van der Waals surface area contributed by atoms with Crippen molar-refractivity contribution in [3.63, 3.8) is 0 Å². The minimum atomic E-state index is -3.80. The number of hydrogen-bond acceptors (Lipinski definition) is 7. The molecule has 1 saturated heterocycles. The van der Waals surface area contributed by atoms with E-state index in [9.17, 15) is 27.6 Å². The van der Waals surface area contributed by atoms with Crippen LogP contribution in [0.5, 0.6) is 0 Å². The lowest BCUT2D eigenvalue weighted by Gasteiger charge is -2.27. The van der Waals surface area contributed by atoms with Gasteiger partial charge in [-0.1, -0.05) is 6.07 Å². The van der Waals surface area contributed by atoms with Crippen LogP contribution in [0.4, 0.5) is 0 Å². The number of fused-ring (bicyclic) bond motifs is 1. The van der Waals surface area contributed by atoms with Crippen LogP contribution in [0.1, 0.15) is 46.4 Å². The maximum absolute atomic E-state index is 12.9. The molecule has 0 aliphatic carbocycles. The second-order valence-corrected chi connectivity index (χ2v) is 8.52. The Bertz CT molecular complexity index is 940. The maximum atomic E-state index is 12.9. The molecule has 3 N–H and O–H groups in total. The highest BCUT2D eigenvalue weighted by molar-refractivity contribution is 7.91. The molecule has 0 radical (unpaired) electrons. The van der Waals surface area contributed by atoms with E-state index in [0.717, 1.165) is 4.90 Å². The van der Waals surface area contributed by atoms with Crippen LogP contribution in [0, 0.1) is 0 Å². The molecule has 9 nitrogen and oxygen atoms in total. The molecule has 144 valence electrons. The summed E-state index contributed by atoms with van der Waals surface area (Å²) in [5.74, 6) is -2.98. The second-order valence-electron chi connectivity index (χ2n) is 6.44. The van der Waals surface area contributed by atoms with Gasteiger partial charge in [0.25, 0.3) is 11.8 Å². The Morgan fingerprint density at radius 2 is 1.85 bits per heavy atom. The van der Waals surface area contributed by atoms with Gasteiger partial charge < -0.3 is 5.73 Å². The summed E-state index contributed by atoms with van der Waals surface area (Å²) in [6.45, 7) is 0.350. The van der Waals surface area contributed by atoms with Crippen LogP contribution < -0.4 is 11.1 Å². The molecule has 1 aromatic rings. The summed E-state index contributed by atoms with van der Waals surface area (Å²) in [5, 5.41) is 2.10. The van der Waals surface area contributed by atoms with Crippen molar-refractivity contribution in [1.29, 1.82) is 0 Å². The molecular weight excluding hydrogens is 374 g/mol. The van der Waals surface area contributed by atoms with Crippen molar-refractivity contribution in [2.45, 2.75) is 36.6 Å². The molecule has 1 unspecified atom stereocenters. The standard InChI is InChI=1S/C17H19N3O6S/c18-8-1-2-9-27(25,26)12-5-3-4-10-14(12)17(24)20(16(10)23)11-6-7-13(21)19-15(11)22/h3-5,11H,1-2,6-9,18H2,(H,19,21,22). The molecule has 1 atom stereocenters. The highest BCUT2D eigenvalue weighted by Gasteiger charge is 2.46. The number of hydrogen-bond donors (Lipinski definition) is 2. The van der Waals surface area contributed by atoms with Crippen LogP contribution in [0.15, 0.2) is 23.1 Å². The Balaban J connectivity index is 1.97. The molecule has 3 rings (SSSR count). The maximum Gasteiger partial charge on any atom is 0.263 e. The second kappa shape index (κ2) is 7.20. The smallest absolute Gasteiger partial charge is 0.263 e. The van der Waals surface area contributed by atoms with Gasteiger partial charge in [0, 0.05) is 6.42 Å². The van der Waals surface area contributed by atoms with Crippen LogP contribution in [0.25, 0.3) is 0 Å². The van der Waals surface area contributed by atoms with Gasteiger partial charge in [-0.15, -0.1) is 0 Å². The normalized spacial score (nSPS) is 20.0. The number of imide groups is 2. The minimum absolute atomic E-state index is 0.00590. The van der Waals surface area contributed by atoms with Gasteiger partial charge in [0.1, 0.15) is 6.04 Å². The summed E-state index contributed by atoms with van der Waals surface area (Å²) in [4.78, 5) is 49.5. The number of unbranched alkanes of at least 4 members (excludes halogenated alkanes) is 1. The molecule has 0 bridgehead atoms. The predicted octanol–water partition coefficient (Wildman–Crippen LogP) is -0.400. The average Bonchev–Trinajstić information content (AvgIpc) is 2.87. The number of piperidine rings is 1. The average molecular weight is 393 g/mol. The number of nitrogens with two attached hydrogens (primary N) is 1. The zero-order valence-electron chi connectivity index (χ0n) is 14.4. The SMILES string of the molecule is NCCCCS(=O)(=O)c1cccc2c1C(=O)N(C1CCC(=O)NC1=O)C2=O. The Morgan fingerprint density at radius 1 is 1.11 bits per heavy atom. The number of benzene rings is 1. The monoisotopic (exact) mass is 393 g/mol. The van der Waals surface area contributed by atoms with Crippen molar-refractivity contribution in [2.75, 3.05) is 12.3 Å². The lowest BCUT2D eigenvalue weighted by Crippen LogP contribution is -2.54. The third-order valence-electron chi connectivity index (χ3n) is 4.63. The van der Waals surface area contributed by atoms with Crippen LogP contribution in [0.2, 0.25) is 0 Å². The quantitative estimate of drug-likeness (QED) is 0.494. The van der Waals surface area contributed by atoms with E-state index < -0.39 is 39.5 Å². The van der Waals surface area contributed by atoms with Crippen molar-refractivity contribution in [3.8, 4) is 0 Å². The fraction of sp³-hybridized carbons (Fsp3) is 0.412. The summed E-state index contributed by atoms with van der Waals surface area (Å²) >= 11 is 0. The lowest BCUT2D eigenvalue weighted by atomic mass is 10.0. The molecule has 0 aromatic heterocycles. The molecular formula is C17H19N3O6S. The van der Waals surface area contributed by atoms with E-state index in [1.54, 1.807) is 0 Å². The van der Waals surface area contributed by atoms with Crippen molar-refractivity contribution in [3.05, 3.63) is 29.3 Å². The van der Waals surface area contributed by atoms with Gasteiger partial charge in [0.2, 0.25) is 11.8 Å². The summed E-state index contributed by atoms with van der Waals surface area (Å²) < 4.78 is 25.3. The predicted molar refractivity (Wildman–Crippen MR) is 93.5 cm³/mol. The third kappa shape index (κ3) is 3.37. The molecule has 2 aliphatic rings. The first-order chi connectivity index (χ1) is 12.8. The van der Waals surface area contributed by atoms with Crippen LogP contribution >= 0.6 is 0 Å². The van der Waals surface area contributed by atoms with Crippen molar-refractivity contribution >= 4 is 33.5 Å². The molecule has 27 heavy (non-hydrogen) atoms. The fourth-order valence-electron chi connectivity index (χ4n) is 3.29. The number of carbonyl (C=O) groups is 4. The summed E-state index contributed by atoms with van der Waals surface area (Å²) in [6, 6.07) is 2.91. The van der Waals surface area contributed by atoms with Gasteiger partial charge in [-0.25, -0.2) is 8.42 Å². The first-order valence-corrected chi connectivity index (χ1v) is 10.2. The lowest BCUT2D eigenvalue weighted by molar-refractivity contribution is -0.136. The number of amides is 4. The van der Waals surface area contributed by atoms with Crippen LogP contribution in [0.3, 0.4) is 0 Å². The summed E-state index contributed by atoms with van der Waals surface area (Å²) in [7, 11) is -3.80. The largest absolute Gasteiger partial charge is 0.330 e. The molecule has 1 aromatic carbocycles. The van der Waals surface area contributed by atoms with E-state index in [4.69, 9.17) is 5.73 Å². The molecule has 10 heteroatoms. The molecule has 2 aliphatic heterocycles. The Kier molecular flexibility index (Phi) is 5.11. The van der Waals surface area contributed by atoms with Gasteiger partial charge in [0.05, 0.1) is 21.8 Å². The number of sulfone groups is 1. The molecule has 0 saturated carbocycles. The van der Waals surface area contributed by atoms with E-state index in [1.165, 1.54) is 18.2 Å². The van der Waals surface area contributed by atoms with Crippen molar-refractivity contribution < 1.29 is 27.6 Å². The van der Waals surface area contributed by atoms with Gasteiger partial charge in [-0.2, -0.15) is 0 Å². The van der Waals surface area contributed by atoms with Gasteiger partial charge in [0.15, 0.2) is 9.84 Å². The van der Waals surface area contributed by atoms with Crippen LogP contribution in [-0.4, -0.2) is 55.3 Å². The topological polar surface area (TPSA) is 144 Å². The van der Waals surface area contributed by atoms with E-state index in [0.29, 0.717) is 19.4 Å². The summed E-state index contributed by atoms with van der Waals surface area (Å²) in [5.41, 5.74) is 5.13. The van der Waals surface area contributed by atoms with E-state index in [2.05, 4.69) is 5.32 Å². The number of carbonyl (C=O) groups excluding carboxylic acids is 4. The minimum Gasteiger partial charge on any atom is -0.330 e. The highest BCUT2D eigenvalue weighted by Crippen LogP contribution is 2.32. The van der Waals surface area contributed by atoms with E-state index in [1.807, 2.05) is 0 Å². The first-order valence-electron chi connectivity index (χ1n) is 8.55. The van der Waals surface area contributed by atoms with Gasteiger partial charge in [-0.05, 0) is 37.9 Å². The van der Waals surface area contributed by atoms with E-state index >= 15 is 0 Å². The third-order valence-corrected chi connectivity index (χ3v) is 6.47. The number of nitrogens with one attached hydrogen (secondary N) is 1. The molecule has 1 fully saturated rings. The van der Waals surface area contributed by atoms with E-state index in [-0.39, 0.29) is 34.6 Å². The zero-order valence-corrected chi connectivity index (χ0v) is 15.3. The Labute approximate surface area is 155 Å². The van der Waals surface area contributed by atoms with Gasteiger partial charge >= 0.3 is 0 Å². The van der Waals surface area contributed by atoms with Crippen LogP contribution in [-0.2, 0) is 19.4 Å². The fourth-order valence-corrected chi connectivity index (χ4v) is 4.89. The molecule has 0 spiro atoms. The number of nitrogens with zero attached hydrogens (tertiary/aromatic N) is 1. The first kappa shape index (κ1) is 19.2. The Morgan fingerprint density at radius 3 is 2.52 bits per heavy atom. The van der Waals surface area contributed by atoms with Crippen molar-refractivity contribution in [1.82, 2.24) is 10.2 Å². The van der Waals surface area contributed by atoms with Crippen molar-refractivity contribution in [2.24, 2.45) is 5.73 Å². The zero-order chi connectivity index (χ0) is 19.8. The Hall–Kier alpha value is -2.59.